The van der Waals surface area contributed by atoms with Crippen LogP contribution in [0.3, 0.4) is 0 Å². The molecule has 1 aromatic carbocycles. The summed E-state index contributed by atoms with van der Waals surface area (Å²) >= 11 is 0. The second-order valence-electron chi connectivity index (χ2n) is 8.49. The van der Waals surface area contributed by atoms with Gasteiger partial charge in [-0.05, 0) is 67.6 Å². The molecule has 1 saturated heterocycles. The fraction of sp³-hybridized carbons (Fsp3) is 0.609. The number of fused-ring (bicyclic) bond motifs is 1. The van der Waals surface area contributed by atoms with Crippen molar-refractivity contribution >= 4 is 12.2 Å². The molecule has 3 heteroatoms. The minimum Gasteiger partial charge on any atom is -0.447 e. The average molecular weight is 354 g/mol. The van der Waals surface area contributed by atoms with E-state index in [9.17, 15) is 4.79 Å². The predicted octanol–water partition coefficient (Wildman–Crippen LogP) is 5.73. The highest BCUT2D eigenvalue weighted by atomic mass is 16.6. The van der Waals surface area contributed by atoms with Gasteiger partial charge < -0.3 is 10.1 Å². The molecule has 1 spiro atoms. The molecule has 2 unspecified atom stereocenters. The smallest absolute Gasteiger partial charge is 0.407 e. The van der Waals surface area contributed by atoms with Crippen molar-refractivity contribution in [2.45, 2.75) is 82.6 Å². The van der Waals surface area contributed by atoms with Crippen molar-refractivity contribution < 1.29 is 9.53 Å². The number of benzene rings is 1. The number of carbonyl (C=O) groups is 1. The van der Waals surface area contributed by atoms with Gasteiger partial charge in [-0.2, -0.15) is 0 Å². The number of hydrogen-bond donors (Lipinski definition) is 1. The van der Waals surface area contributed by atoms with Crippen molar-refractivity contribution in [3.63, 3.8) is 0 Å². The maximum atomic E-state index is 11.4. The number of ether oxygens (including phenoxy) is 1. The Hall–Kier alpha value is -1.77. The van der Waals surface area contributed by atoms with E-state index in [0.29, 0.717) is 12.5 Å². The highest BCUT2D eigenvalue weighted by Crippen LogP contribution is 2.43. The second kappa shape index (κ2) is 7.46. The molecular formula is C23H31NO2. The molecule has 1 aromatic rings. The van der Waals surface area contributed by atoms with Crippen LogP contribution in [-0.2, 0) is 11.2 Å². The molecular weight excluding hydrogens is 322 g/mol. The summed E-state index contributed by atoms with van der Waals surface area (Å²) in [5.74, 6) is 0.543. The van der Waals surface area contributed by atoms with Crippen molar-refractivity contribution in [2.75, 3.05) is 6.61 Å². The molecule has 26 heavy (non-hydrogen) atoms. The number of cyclic esters (lactones) is 1. The highest BCUT2D eigenvalue weighted by molar-refractivity contribution is 5.71. The Labute approximate surface area is 157 Å². The lowest BCUT2D eigenvalue weighted by Gasteiger charge is -2.22. The Morgan fingerprint density at radius 2 is 2.15 bits per heavy atom. The van der Waals surface area contributed by atoms with Gasteiger partial charge in [-0.1, -0.05) is 56.0 Å². The van der Waals surface area contributed by atoms with Crippen LogP contribution < -0.4 is 5.32 Å². The Morgan fingerprint density at radius 1 is 1.23 bits per heavy atom. The van der Waals surface area contributed by atoms with Crippen LogP contribution in [0, 0.1) is 0 Å². The third kappa shape index (κ3) is 3.67. The molecule has 0 aromatic heterocycles. The first-order valence-corrected chi connectivity index (χ1v) is 10.4. The lowest BCUT2D eigenvalue weighted by molar-refractivity contribution is 0.172. The SMILES string of the molecule is CCCCCCC1=Cc2ccc(C3CCC4(COC(=O)N4)C3)cc2CC1. The summed E-state index contributed by atoms with van der Waals surface area (Å²) in [7, 11) is 0. The average Bonchev–Trinajstić information content (AvgIpc) is 3.24. The van der Waals surface area contributed by atoms with Crippen LogP contribution in [0.2, 0.25) is 0 Å². The fourth-order valence-corrected chi connectivity index (χ4v) is 4.95. The van der Waals surface area contributed by atoms with Gasteiger partial charge in [-0.15, -0.1) is 0 Å². The maximum absolute atomic E-state index is 11.4. The number of aryl methyl sites for hydroxylation is 1. The van der Waals surface area contributed by atoms with E-state index in [0.717, 1.165) is 19.3 Å². The summed E-state index contributed by atoms with van der Waals surface area (Å²) in [4.78, 5) is 11.4. The summed E-state index contributed by atoms with van der Waals surface area (Å²) in [6, 6.07) is 7.07. The lowest BCUT2D eigenvalue weighted by Crippen LogP contribution is -2.40. The van der Waals surface area contributed by atoms with Crippen LogP contribution in [0.1, 0.15) is 87.3 Å². The van der Waals surface area contributed by atoms with Crippen molar-refractivity contribution in [1.29, 1.82) is 0 Å². The summed E-state index contributed by atoms with van der Waals surface area (Å²) < 4.78 is 5.17. The third-order valence-electron chi connectivity index (χ3n) is 6.52. The molecule has 0 radical (unpaired) electrons. The van der Waals surface area contributed by atoms with Gasteiger partial charge in [0.1, 0.15) is 6.61 Å². The van der Waals surface area contributed by atoms with Gasteiger partial charge in [-0.3, -0.25) is 0 Å². The van der Waals surface area contributed by atoms with E-state index >= 15 is 0 Å². The quantitative estimate of drug-likeness (QED) is 0.663. The minimum absolute atomic E-state index is 0.108. The molecule has 4 rings (SSSR count). The minimum atomic E-state index is -0.243. The van der Waals surface area contributed by atoms with Crippen molar-refractivity contribution in [3.8, 4) is 0 Å². The van der Waals surface area contributed by atoms with Crippen molar-refractivity contribution in [2.24, 2.45) is 0 Å². The second-order valence-corrected chi connectivity index (χ2v) is 8.49. The van der Waals surface area contributed by atoms with Gasteiger partial charge in [0, 0.05) is 0 Å². The molecule has 1 aliphatic heterocycles. The zero-order valence-electron chi connectivity index (χ0n) is 16.0. The third-order valence-corrected chi connectivity index (χ3v) is 6.52. The zero-order valence-corrected chi connectivity index (χ0v) is 16.0. The number of alkyl carbamates (subject to hydrolysis) is 1. The number of carbonyl (C=O) groups excluding carboxylic acids is 1. The first-order chi connectivity index (χ1) is 12.7. The van der Waals surface area contributed by atoms with Gasteiger partial charge in [0.2, 0.25) is 0 Å². The fourth-order valence-electron chi connectivity index (χ4n) is 4.95. The summed E-state index contributed by atoms with van der Waals surface area (Å²) in [5, 5.41) is 3.05. The Bertz CT molecular complexity index is 708. The molecule has 0 bridgehead atoms. The monoisotopic (exact) mass is 353 g/mol. The topological polar surface area (TPSA) is 38.3 Å². The number of allylic oxidation sites excluding steroid dienone is 1. The Morgan fingerprint density at radius 3 is 2.96 bits per heavy atom. The van der Waals surface area contributed by atoms with Gasteiger partial charge in [-0.25, -0.2) is 4.79 Å². The molecule has 1 amide bonds. The normalized spacial score (nSPS) is 27.2. The predicted molar refractivity (Wildman–Crippen MR) is 105 cm³/mol. The van der Waals surface area contributed by atoms with Gasteiger partial charge in [0.15, 0.2) is 0 Å². The van der Waals surface area contributed by atoms with Crippen LogP contribution in [0.5, 0.6) is 0 Å². The molecule has 140 valence electrons. The number of hydrogen-bond acceptors (Lipinski definition) is 2. The summed E-state index contributed by atoms with van der Waals surface area (Å²) in [6.07, 6.45) is 14.4. The summed E-state index contributed by atoms with van der Waals surface area (Å²) in [6.45, 7) is 2.81. The number of amides is 1. The molecule has 2 atom stereocenters. The van der Waals surface area contributed by atoms with Crippen LogP contribution in [0.4, 0.5) is 4.79 Å². The van der Waals surface area contributed by atoms with Crippen LogP contribution >= 0.6 is 0 Å². The van der Waals surface area contributed by atoms with Gasteiger partial charge in [0.05, 0.1) is 5.54 Å². The number of nitrogens with one attached hydrogen (secondary N) is 1. The van der Waals surface area contributed by atoms with E-state index in [2.05, 4.69) is 36.5 Å². The van der Waals surface area contributed by atoms with Crippen LogP contribution in [0.15, 0.2) is 23.8 Å². The molecule has 2 aliphatic carbocycles. The molecule has 1 saturated carbocycles. The van der Waals surface area contributed by atoms with Gasteiger partial charge >= 0.3 is 6.09 Å². The van der Waals surface area contributed by atoms with Gasteiger partial charge in [0.25, 0.3) is 0 Å². The van der Waals surface area contributed by atoms with E-state index < -0.39 is 0 Å². The first-order valence-electron chi connectivity index (χ1n) is 10.4. The van der Waals surface area contributed by atoms with E-state index in [1.54, 1.807) is 5.57 Å². The molecule has 3 aliphatic rings. The Kier molecular flexibility index (Phi) is 5.06. The molecule has 1 N–H and O–H groups in total. The maximum Gasteiger partial charge on any atom is 0.407 e. The zero-order chi connectivity index (χ0) is 18.0. The van der Waals surface area contributed by atoms with E-state index in [1.165, 1.54) is 61.6 Å². The van der Waals surface area contributed by atoms with Crippen molar-refractivity contribution in [3.05, 3.63) is 40.5 Å². The summed E-state index contributed by atoms with van der Waals surface area (Å²) in [5.41, 5.74) is 5.90. The van der Waals surface area contributed by atoms with Crippen LogP contribution in [0.25, 0.3) is 6.08 Å². The molecule has 1 heterocycles. The van der Waals surface area contributed by atoms with E-state index in [-0.39, 0.29) is 11.6 Å². The Balaban J connectivity index is 1.41. The lowest BCUT2D eigenvalue weighted by atomic mass is 9.85. The van der Waals surface area contributed by atoms with E-state index in [4.69, 9.17) is 4.74 Å². The van der Waals surface area contributed by atoms with E-state index in [1.807, 2.05) is 0 Å². The number of unbranched alkanes of at least 4 members (excludes halogenated alkanes) is 3. The largest absolute Gasteiger partial charge is 0.447 e. The van der Waals surface area contributed by atoms with Crippen LogP contribution in [-0.4, -0.2) is 18.2 Å². The first kappa shape index (κ1) is 17.6. The molecule has 3 nitrogen and oxygen atoms in total. The highest BCUT2D eigenvalue weighted by Gasteiger charge is 2.45. The van der Waals surface area contributed by atoms with Crippen molar-refractivity contribution in [1.82, 2.24) is 5.32 Å². The number of rotatable bonds is 6. The molecule has 2 fully saturated rings. The standard InChI is InChI=1S/C23H31NO2/c1-2-3-4-5-6-17-7-8-19-14-20(10-9-18(19)13-17)21-11-12-23(15-21)16-26-22(25)24-23/h9-10,13-14,21H,2-8,11-12,15-16H2,1H3,(H,24,25).